The first kappa shape index (κ1) is 51.0. The molecule has 3 aliphatic carbocycles. The normalized spacial score (nSPS) is 15.9. The molecule has 6 rings (SSSR count). The van der Waals surface area contributed by atoms with E-state index in [9.17, 15) is 18.0 Å². The Hall–Kier alpha value is -3.13. The van der Waals surface area contributed by atoms with Crippen molar-refractivity contribution in [1.82, 2.24) is 10.2 Å². The summed E-state index contributed by atoms with van der Waals surface area (Å²) in [4.78, 5) is 22.0. The van der Waals surface area contributed by atoms with E-state index in [-0.39, 0.29) is 6.47 Å². The Morgan fingerprint density at radius 2 is 1.27 bits per heavy atom. The molecule has 0 aromatic heterocycles. The highest BCUT2D eigenvalue weighted by molar-refractivity contribution is 5.76. The van der Waals surface area contributed by atoms with Crippen LogP contribution in [0.25, 0.3) is 0 Å². The van der Waals surface area contributed by atoms with Gasteiger partial charge < -0.3 is 15.3 Å². The van der Waals surface area contributed by atoms with Crippen LogP contribution in [-0.4, -0.2) is 48.6 Å². The molecule has 3 saturated carbocycles. The van der Waals surface area contributed by atoms with Crippen LogP contribution >= 0.6 is 0 Å². The zero-order valence-electron chi connectivity index (χ0n) is 33.7. The molecule has 5 nitrogen and oxygen atoms in total. The van der Waals surface area contributed by atoms with Crippen molar-refractivity contribution in [3.8, 4) is 0 Å². The maximum absolute atomic E-state index is 11.9. The highest BCUT2D eigenvalue weighted by Crippen LogP contribution is 2.30. The van der Waals surface area contributed by atoms with E-state index in [1.807, 2.05) is 36.9 Å². The summed E-state index contributed by atoms with van der Waals surface area (Å²) in [6, 6.07) is 16.2. The predicted octanol–water partition coefficient (Wildman–Crippen LogP) is 12.6. The molecule has 0 bridgehead atoms. The fraction of sp³-hybridized carbons (Fsp3) is 0.636. The Kier molecular flexibility index (Phi) is 33.0. The van der Waals surface area contributed by atoms with Gasteiger partial charge in [0.05, 0.1) is 5.56 Å². The molecule has 4 aliphatic rings. The van der Waals surface area contributed by atoms with Crippen molar-refractivity contribution >= 4 is 12.4 Å². The van der Waals surface area contributed by atoms with E-state index in [1.54, 1.807) is 6.92 Å². The first-order valence-corrected chi connectivity index (χ1v) is 19.8. The average Bonchev–Trinajstić information content (AvgIpc) is 3.68. The summed E-state index contributed by atoms with van der Waals surface area (Å²) < 4.78 is 35.8. The Morgan fingerprint density at radius 1 is 0.808 bits per heavy atom. The van der Waals surface area contributed by atoms with E-state index in [1.165, 1.54) is 120 Å². The van der Waals surface area contributed by atoms with E-state index < -0.39 is 11.7 Å². The summed E-state index contributed by atoms with van der Waals surface area (Å²) in [5.74, 6) is 1.15. The maximum Gasteiger partial charge on any atom is 0.416 e. The lowest BCUT2D eigenvalue weighted by atomic mass is 9.83. The highest BCUT2D eigenvalue weighted by Gasteiger charge is 2.29. The van der Waals surface area contributed by atoms with Crippen LogP contribution in [0.1, 0.15) is 147 Å². The van der Waals surface area contributed by atoms with Gasteiger partial charge in [-0.05, 0) is 96.7 Å². The van der Waals surface area contributed by atoms with Crippen molar-refractivity contribution in [3.63, 3.8) is 0 Å². The molecule has 8 heteroatoms. The number of hydrogen-bond donors (Lipinski definition) is 2. The van der Waals surface area contributed by atoms with Gasteiger partial charge in [0.25, 0.3) is 6.47 Å². The van der Waals surface area contributed by atoms with Crippen molar-refractivity contribution in [2.45, 2.75) is 156 Å². The van der Waals surface area contributed by atoms with Crippen molar-refractivity contribution in [1.29, 1.82) is 0 Å². The summed E-state index contributed by atoms with van der Waals surface area (Å²) >= 11 is 0. The maximum atomic E-state index is 11.9. The number of carbonyl (C=O) groups excluding carboxylic acids is 1. The second kappa shape index (κ2) is 33.7. The number of hydrogen-bond acceptors (Lipinski definition) is 3. The third-order valence-corrected chi connectivity index (χ3v) is 9.04. The fourth-order valence-electron chi connectivity index (χ4n) is 5.13. The van der Waals surface area contributed by atoms with E-state index in [0.717, 1.165) is 49.2 Å². The van der Waals surface area contributed by atoms with Crippen LogP contribution in [0.4, 0.5) is 13.2 Å². The van der Waals surface area contributed by atoms with Gasteiger partial charge in [0, 0.05) is 25.6 Å². The molecule has 1 amide bonds. The molecule has 1 saturated heterocycles. The number of benzene rings is 2. The minimum atomic E-state index is -4.21. The van der Waals surface area contributed by atoms with Gasteiger partial charge in [0.15, 0.2) is 0 Å². The topological polar surface area (TPSA) is 69.6 Å². The lowest BCUT2D eigenvalue weighted by Crippen LogP contribution is -2.30. The molecule has 2 N–H and O–H groups in total. The van der Waals surface area contributed by atoms with Crippen molar-refractivity contribution < 1.29 is 27.9 Å². The average molecular weight is 735 g/mol. The van der Waals surface area contributed by atoms with Crippen molar-refractivity contribution in [3.05, 3.63) is 83.4 Å². The quantitative estimate of drug-likeness (QED) is 0.242. The standard InChI is InChI=1S/C10H17NO.C8H7F3.C7H15N.C7H8.C5H8.C4H10.C2H6.CH2O2/c12-10(8-9-4-3-5-9)11-6-1-2-7-11;1-6-2-4-7(5-3-6)8(9,10)11;1-8-7-5-3-2-4-6-7;1-7-5-3-2-4-6-7;1-5-3-2-4-5;1-3-4-2;1-2;2-1-3/h9H,1-8H2;2-5H,1H3;7-8H,2-6H2,1H3;2-6H,1H3;1-4H2;3-4H2,1-2H3;1-2H3;1H,(H,2,3). The largest absolute Gasteiger partial charge is 0.483 e. The lowest BCUT2D eigenvalue weighted by Gasteiger charge is -2.26. The van der Waals surface area contributed by atoms with Crippen LogP contribution in [0.15, 0.2) is 66.7 Å². The Bertz CT molecular complexity index is 1100. The molecule has 298 valence electrons. The zero-order valence-corrected chi connectivity index (χ0v) is 33.7. The van der Waals surface area contributed by atoms with Crippen LogP contribution in [0.5, 0.6) is 0 Å². The van der Waals surface area contributed by atoms with E-state index in [2.05, 4.69) is 51.8 Å². The van der Waals surface area contributed by atoms with Crippen LogP contribution in [0.2, 0.25) is 0 Å². The number of nitrogens with zero attached hydrogens (tertiary/aromatic N) is 1. The number of halogens is 3. The Labute approximate surface area is 315 Å². The fourth-order valence-corrected chi connectivity index (χ4v) is 5.13. The summed E-state index contributed by atoms with van der Waals surface area (Å²) in [7, 11) is 2.07. The van der Waals surface area contributed by atoms with E-state index in [0.29, 0.717) is 5.91 Å². The molecule has 0 unspecified atom stereocenters. The lowest BCUT2D eigenvalue weighted by molar-refractivity contribution is -0.137. The predicted molar refractivity (Wildman–Crippen MR) is 215 cm³/mol. The molecule has 0 spiro atoms. The first-order chi connectivity index (χ1) is 24.9. The first-order valence-electron chi connectivity index (χ1n) is 19.8. The van der Waals surface area contributed by atoms with E-state index in [4.69, 9.17) is 9.90 Å². The third-order valence-electron chi connectivity index (χ3n) is 9.04. The van der Waals surface area contributed by atoms with Crippen LogP contribution in [-0.2, 0) is 15.8 Å². The molecule has 1 heterocycles. The smallest absolute Gasteiger partial charge is 0.416 e. The molecular weight excluding hydrogens is 661 g/mol. The summed E-state index contributed by atoms with van der Waals surface area (Å²) in [5.41, 5.74) is 2.99. The van der Waals surface area contributed by atoms with Crippen molar-refractivity contribution in [2.24, 2.45) is 5.92 Å². The van der Waals surface area contributed by atoms with Gasteiger partial charge in [-0.15, -0.1) is 0 Å². The SMILES string of the molecule is C=C1CCC1.CC.CCCC.CNC1CCCCC1.Cc1ccc(C(F)(F)F)cc1.Cc1ccccc1.O=C(CC1CCC1)N1CCCC1.O=CO. The second-order valence-corrected chi connectivity index (χ2v) is 13.4. The van der Waals surface area contributed by atoms with Gasteiger partial charge in [0.2, 0.25) is 5.91 Å². The van der Waals surface area contributed by atoms with Gasteiger partial charge in [-0.25, -0.2) is 0 Å². The highest BCUT2D eigenvalue weighted by atomic mass is 19.4. The number of unbranched alkanes of at least 4 members (excludes halogenated alkanes) is 1. The van der Waals surface area contributed by atoms with Crippen LogP contribution in [0, 0.1) is 19.8 Å². The minimum absolute atomic E-state index is 0.250. The number of nitrogens with one attached hydrogen (secondary N) is 1. The number of likely N-dealkylation sites (tertiary alicyclic amines) is 1. The number of aryl methyl sites for hydroxylation is 2. The number of allylic oxidation sites excluding steroid dienone is 1. The van der Waals surface area contributed by atoms with Gasteiger partial charge in [-0.1, -0.05) is 132 Å². The minimum Gasteiger partial charge on any atom is -0.483 e. The zero-order chi connectivity index (χ0) is 39.6. The number of alkyl halides is 3. The van der Waals surface area contributed by atoms with E-state index >= 15 is 0 Å². The van der Waals surface area contributed by atoms with Gasteiger partial charge >= 0.3 is 6.18 Å². The summed E-state index contributed by atoms with van der Waals surface area (Å²) in [5, 5.41) is 10.2. The molecule has 1 aliphatic heterocycles. The molecule has 2 aromatic rings. The number of amides is 1. The Morgan fingerprint density at radius 3 is 1.56 bits per heavy atom. The second-order valence-electron chi connectivity index (χ2n) is 13.4. The molecule has 0 atom stereocenters. The molecule has 2 aromatic carbocycles. The molecule has 0 radical (unpaired) electrons. The summed E-state index contributed by atoms with van der Waals surface area (Å²) in [6.45, 7) is 17.7. The molecule has 52 heavy (non-hydrogen) atoms. The number of carbonyl (C=O) groups is 2. The van der Waals surface area contributed by atoms with Gasteiger partial charge in [-0.2, -0.15) is 13.2 Å². The van der Waals surface area contributed by atoms with Gasteiger partial charge in [-0.3, -0.25) is 9.59 Å². The van der Waals surface area contributed by atoms with Crippen LogP contribution < -0.4 is 5.32 Å². The monoisotopic (exact) mass is 735 g/mol. The van der Waals surface area contributed by atoms with Crippen LogP contribution in [0.3, 0.4) is 0 Å². The number of rotatable bonds is 4. The molecular formula is C44H73F3N2O3. The summed E-state index contributed by atoms with van der Waals surface area (Å²) in [6.07, 6.45) is 16.7. The van der Waals surface area contributed by atoms with Gasteiger partial charge in [0.1, 0.15) is 0 Å². The Balaban J connectivity index is 0. The molecule has 4 fully saturated rings. The number of carboxylic acid groups (broad SMARTS) is 1. The van der Waals surface area contributed by atoms with Crippen molar-refractivity contribution in [2.75, 3.05) is 20.1 Å². The third kappa shape index (κ3) is 28.5.